The number of carbonyl (C=O) groups excluding carboxylic acids is 1. The average Bonchev–Trinajstić information content (AvgIpc) is 2.48. The van der Waals surface area contributed by atoms with Gasteiger partial charge < -0.3 is 14.8 Å². The molecule has 2 rings (SSSR count). The summed E-state index contributed by atoms with van der Waals surface area (Å²) in [7, 11) is 3.16. The summed E-state index contributed by atoms with van der Waals surface area (Å²) in [6.07, 6.45) is 4.72. The Hall–Kier alpha value is -1.71. The van der Waals surface area contributed by atoms with Crippen LogP contribution in [0.2, 0.25) is 0 Å². The lowest BCUT2D eigenvalue weighted by molar-refractivity contribution is 0.0910. The molecule has 0 aromatic heterocycles. The Bertz CT molecular complexity index is 473. The number of hydrogen-bond donors (Lipinski definition) is 1. The number of carbonyl (C=O) groups is 1. The van der Waals surface area contributed by atoms with Gasteiger partial charge in [0.05, 0.1) is 14.2 Å². The molecule has 20 heavy (non-hydrogen) atoms. The lowest BCUT2D eigenvalue weighted by Gasteiger charge is -2.29. The quantitative estimate of drug-likeness (QED) is 0.920. The molecule has 1 fully saturated rings. The maximum absolute atomic E-state index is 12.3. The summed E-state index contributed by atoms with van der Waals surface area (Å²) in [5.74, 6) is 1.73. The van der Waals surface area contributed by atoms with Crippen LogP contribution in [-0.2, 0) is 0 Å². The molecule has 4 nitrogen and oxygen atoms in total. The highest BCUT2D eigenvalue weighted by atomic mass is 16.5. The fourth-order valence-electron chi connectivity index (χ4n) is 2.76. The summed E-state index contributed by atoms with van der Waals surface area (Å²) in [6.45, 7) is 2.21. The van der Waals surface area contributed by atoms with Crippen LogP contribution in [0.4, 0.5) is 0 Å². The average molecular weight is 277 g/mol. The maximum atomic E-state index is 12.3. The third kappa shape index (κ3) is 3.24. The summed E-state index contributed by atoms with van der Waals surface area (Å²) >= 11 is 0. The van der Waals surface area contributed by atoms with Gasteiger partial charge in [-0.1, -0.05) is 19.8 Å². The van der Waals surface area contributed by atoms with Gasteiger partial charge in [0.25, 0.3) is 5.91 Å². The minimum atomic E-state index is -0.0373. The standard InChI is InChI=1S/C16H23NO3/c1-11-6-4-5-7-13(11)17-16(18)12-8-9-14(19-2)15(10-12)20-3/h8-11,13H,4-7H2,1-3H3,(H,17,18)/t11-,13-/m0/s1. The number of methoxy groups -OCH3 is 2. The van der Waals surface area contributed by atoms with Gasteiger partial charge >= 0.3 is 0 Å². The highest BCUT2D eigenvalue weighted by Crippen LogP contribution is 2.28. The molecule has 0 radical (unpaired) electrons. The van der Waals surface area contributed by atoms with Crippen molar-refractivity contribution in [3.8, 4) is 11.5 Å². The number of hydrogen-bond acceptors (Lipinski definition) is 3. The Kier molecular flexibility index (Phi) is 4.88. The van der Waals surface area contributed by atoms with Crippen LogP contribution in [-0.4, -0.2) is 26.2 Å². The highest BCUT2D eigenvalue weighted by Gasteiger charge is 2.23. The number of nitrogens with one attached hydrogen (secondary N) is 1. The van der Waals surface area contributed by atoms with Crippen LogP contribution in [0.15, 0.2) is 18.2 Å². The van der Waals surface area contributed by atoms with Crippen molar-refractivity contribution in [2.75, 3.05) is 14.2 Å². The number of amides is 1. The second-order valence-corrected chi connectivity index (χ2v) is 5.41. The number of rotatable bonds is 4. The van der Waals surface area contributed by atoms with Crippen LogP contribution in [0, 0.1) is 5.92 Å². The zero-order valence-corrected chi connectivity index (χ0v) is 12.4. The third-order valence-corrected chi connectivity index (χ3v) is 4.07. The molecule has 0 bridgehead atoms. The second-order valence-electron chi connectivity index (χ2n) is 5.41. The topological polar surface area (TPSA) is 47.6 Å². The zero-order chi connectivity index (χ0) is 14.5. The van der Waals surface area contributed by atoms with Crippen molar-refractivity contribution < 1.29 is 14.3 Å². The van der Waals surface area contributed by atoms with E-state index in [4.69, 9.17) is 9.47 Å². The van der Waals surface area contributed by atoms with Crippen LogP contribution in [0.25, 0.3) is 0 Å². The minimum Gasteiger partial charge on any atom is -0.493 e. The van der Waals surface area contributed by atoms with Gasteiger partial charge in [-0.15, -0.1) is 0 Å². The minimum absolute atomic E-state index is 0.0373. The van der Waals surface area contributed by atoms with E-state index >= 15 is 0 Å². The van der Waals surface area contributed by atoms with E-state index in [9.17, 15) is 4.79 Å². The molecule has 1 aromatic carbocycles. The monoisotopic (exact) mass is 277 g/mol. The predicted octanol–water partition coefficient (Wildman–Crippen LogP) is 3.01. The largest absolute Gasteiger partial charge is 0.493 e. The zero-order valence-electron chi connectivity index (χ0n) is 12.4. The normalized spacial score (nSPS) is 22.1. The first-order chi connectivity index (χ1) is 9.65. The molecule has 1 saturated carbocycles. The van der Waals surface area contributed by atoms with Crippen LogP contribution in [0.1, 0.15) is 43.0 Å². The summed E-state index contributed by atoms with van der Waals surface area (Å²) in [5.41, 5.74) is 0.612. The molecular formula is C16H23NO3. The predicted molar refractivity (Wildman–Crippen MR) is 78.4 cm³/mol. The van der Waals surface area contributed by atoms with E-state index in [1.54, 1.807) is 32.4 Å². The van der Waals surface area contributed by atoms with Crippen LogP contribution in [0.3, 0.4) is 0 Å². The fourth-order valence-corrected chi connectivity index (χ4v) is 2.76. The first-order valence-corrected chi connectivity index (χ1v) is 7.18. The summed E-state index contributed by atoms with van der Waals surface area (Å²) in [4.78, 5) is 12.3. The lowest BCUT2D eigenvalue weighted by atomic mass is 9.86. The molecular weight excluding hydrogens is 254 g/mol. The van der Waals surface area contributed by atoms with Crippen molar-refractivity contribution >= 4 is 5.91 Å². The van der Waals surface area contributed by atoms with E-state index in [-0.39, 0.29) is 11.9 Å². The van der Waals surface area contributed by atoms with Gasteiger partial charge in [0, 0.05) is 11.6 Å². The molecule has 1 N–H and O–H groups in total. The van der Waals surface area contributed by atoms with Crippen molar-refractivity contribution in [1.82, 2.24) is 5.32 Å². The van der Waals surface area contributed by atoms with Gasteiger partial charge in [0.1, 0.15) is 0 Å². The van der Waals surface area contributed by atoms with Gasteiger partial charge in [-0.3, -0.25) is 4.79 Å². The van der Waals surface area contributed by atoms with Crippen LogP contribution < -0.4 is 14.8 Å². The lowest BCUT2D eigenvalue weighted by Crippen LogP contribution is -2.41. The van der Waals surface area contributed by atoms with Crippen molar-refractivity contribution in [1.29, 1.82) is 0 Å². The molecule has 1 aromatic rings. The molecule has 0 aliphatic heterocycles. The maximum Gasteiger partial charge on any atom is 0.251 e. The Morgan fingerprint density at radius 3 is 2.50 bits per heavy atom. The van der Waals surface area contributed by atoms with E-state index in [2.05, 4.69) is 12.2 Å². The van der Waals surface area contributed by atoms with Crippen molar-refractivity contribution in [3.05, 3.63) is 23.8 Å². The Morgan fingerprint density at radius 1 is 1.15 bits per heavy atom. The van der Waals surface area contributed by atoms with E-state index in [1.165, 1.54) is 19.3 Å². The fraction of sp³-hybridized carbons (Fsp3) is 0.562. The van der Waals surface area contributed by atoms with Gasteiger partial charge in [-0.25, -0.2) is 0 Å². The smallest absolute Gasteiger partial charge is 0.251 e. The summed E-state index contributed by atoms with van der Waals surface area (Å²) in [6, 6.07) is 5.54. The van der Waals surface area contributed by atoms with E-state index in [0.29, 0.717) is 23.0 Å². The van der Waals surface area contributed by atoms with Crippen LogP contribution >= 0.6 is 0 Å². The van der Waals surface area contributed by atoms with Gasteiger partial charge in [-0.05, 0) is 37.0 Å². The molecule has 1 aliphatic carbocycles. The second kappa shape index (κ2) is 6.64. The van der Waals surface area contributed by atoms with Crippen molar-refractivity contribution in [2.24, 2.45) is 5.92 Å². The third-order valence-electron chi connectivity index (χ3n) is 4.07. The summed E-state index contributed by atoms with van der Waals surface area (Å²) < 4.78 is 10.4. The molecule has 2 atom stereocenters. The molecule has 110 valence electrons. The van der Waals surface area contributed by atoms with E-state index < -0.39 is 0 Å². The molecule has 0 spiro atoms. The Balaban J connectivity index is 2.08. The van der Waals surface area contributed by atoms with Crippen molar-refractivity contribution in [3.63, 3.8) is 0 Å². The van der Waals surface area contributed by atoms with E-state index in [0.717, 1.165) is 6.42 Å². The molecule has 1 aliphatic rings. The Morgan fingerprint density at radius 2 is 1.85 bits per heavy atom. The Labute approximate surface area is 120 Å². The van der Waals surface area contributed by atoms with Gasteiger partial charge in [-0.2, -0.15) is 0 Å². The van der Waals surface area contributed by atoms with Crippen LogP contribution in [0.5, 0.6) is 11.5 Å². The molecule has 1 amide bonds. The molecule has 4 heteroatoms. The van der Waals surface area contributed by atoms with Crippen molar-refractivity contribution in [2.45, 2.75) is 38.6 Å². The summed E-state index contributed by atoms with van der Waals surface area (Å²) in [5, 5.41) is 3.14. The first kappa shape index (κ1) is 14.7. The highest BCUT2D eigenvalue weighted by molar-refractivity contribution is 5.95. The van der Waals surface area contributed by atoms with Gasteiger partial charge in [0.2, 0.25) is 0 Å². The SMILES string of the molecule is COc1ccc(C(=O)N[C@H]2CCCC[C@@H]2C)cc1OC. The van der Waals surface area contributed by atoms with Gasteiger partial charge in [0.15, 0.2) is 11.5 Å². The number of ether oxygens (including phenoxy) is 2. The first-order valence-electron chi connectivity index (χ1n) is 7.18. The number of benzene rings is 1. The molecule has 0 unspecified atom stereocenters. The molecule has 0 saturated heterocycles. The van der Waals surface area contributed by atoms with E-state index in [1.807, 2.05) is 0 Å². The molecule has 0 heterocycles.